The van der Waals surface area contributed by atoms with Gasteiger partial charge in [0.25, 0.3) is 5.91 Å². The molecular formula is C19H21N3O4. The van der Waals surface area contributed by atoms with Gasteiger partial charge in [0.1, 0.15) is 5.75 Å². The fourth-order valence-electron chi connectivity index (χ4n) is 2.72. The number of rotatable bonds is 7. The van der Waals surface area contributed by atoms with Crippen molar-refractivity contribution in [2.75, 3.05) is 24.7 Å². The minimum absolute atomic E-state index is 0.00790. The zero-order chi connectivity index (χ0) is 18.4. The Balaban J connectivity index is 1.56. The summed E-state index contributed by atoms with van der Waals surface area (Å²) in [4.78, 5) is 30.1. The van der Waals surface area contributed by atoms with Crippen LogP contribution in [0.25, 0.3) is 0 Å². The number of anilines is 1. The Labute approximate surface area is 151 Å². The van der Waals surface area contributed by atoms with E-state index in [1.165, 1.54) is 0 Å². The van der Waals surface area contributed by atoms with E-state index in [-0.39, 0.29) is 24.8 Å². The highest BCUT2D eigenvalue weighted by Crippen LogP contribution is 2.31. The quantitative estimate of drug-likeness (QED) is 0.821. The number of nitrogens with one attached hydrogen (secondary N) is 1. The van der Waals surface area contributed by atoms with Crippen molar-refractivity contribution in [3.63, 3.8) is 0 Å². The molecule has 3 rings (SSSR count). The highest BCUT2D eigenvalue weighted by molar-refractivity contribution is 5.98. The Morgan fingerprint density at radius 2 is 2.15 bits per heavy atom. The molecule has 1 aliphatic rings. The van der Waals surface area contributed by atoms with Gasteiger partial charge in [0.15, 0.2) is 6.61 Å². The summed E-state index contributed by atoms with van der Waals surface area (Å²) in [7, 11) is 0. The minimum Gasteiger partial charge on any atom is -0.482 e. The lowest BCUT2D eigenvalue weighted by Crippen LogP contribution is -2.41. The summed E-state index contributed by atoms with van der Waals surface area (Å²) in [6, 6.07) is 11.0. The zero-order valence-corrected chi connectivity index (χ0v) is 14.6. The fraction of sp³-hybridized carbons (Fsp3) is 0.316. The number of pyridine rings is 1. The highest BCUT2D eigenvalue weighted by atomic mass is 16.5. The normalized spacial score (nSPS) is 13.0. The van der Waals surface area contributed by atoms with Crippen LogP contribution in [-0.4, -0.2) is 36.6 Å². The minimum atomic E-state index is -0.151. The Kier molecular flexibility index (Phi) is 5.68. The third-order valence-electron chi connectivity index (χ3n) is 3.98. The van der Waals surface area contributed by atoms with E-state index in [1.807, 2.05) is 37.3 Å². The number of fused-ring (bicyclic) bond motifs is 1. The third-order valence-corrected chi connectivity index (χ3v) is 3.98. The molecule has 0 saturated heterocycles. The number of carbonyl (C=O) groups excluding carboxylic acids is 2. The van der Waals surface area contributed by atoms with Crippen molar-refractivity contribution in [2.24, 2.45) is 0 Å². The van der Waals surface area contributed by atoms with E-state index in [2.05, 4.69) is 10.3 Å². The van der Waals surface area contributed by atoms with Gasteiger partial charge in [0, 0.05) is 31.3 Å². The van der Waals surface area contributed by atoms with Crippen molar-refractivity contribution in [1.29, 1.82) is 0 Å². The largest absolute Gasteiger partial charge is 0.482 e. The maximum absolute atomic E-state index is 12.2. The summed E-state index contributed by atoms with van der Waals surface area (Å²) in [6.07, 6.45) is 1.85. The van der Waals surface area contributed by atoms with Crippen LogP contribution >= 0.6 is 0 Å². The molecule has 1 aliphatic heterocycles. The van der Waals surface area contributed by atoms with Crippen LogP contribution in [0.1, 0.15) is 18.9 Å². The van der Waals surface area contributed by atoms with E-state index in [0.29, 0.717) is 37.0 Å². The van der Waals surface area contributed by atoms with Crippen LogP contribution in [0.3, 0.4) is 0 Å². The standard InChI is InChI=1S/C19H21N3O4/c1-2-25-19-14(6-5-10-20-19)12-21-17(23)9-11-22-15-7-3-4-8-16(15)26-13-18(22)24/h3-8,10H,2,9,11-13H2,1H3,(H,21,23). The first-order valence-corrected chi connectivity index (χ1v) is 8.54. The van der Waals surface area contributed by atoms with Crippen LogP contribution in [0.5, 0.6) is 11.6 Å². The molecule has 0 atom stereocenters. The molecule has 2 aromatic rings. The van der Waals surface area contributed by atoms with Gasteiger partial charge in [-0.3, -0.25) is 9.59 Å². The molecule has 2 heterocycles. The first-order chi connectivity index (χ1) is 12.7. The maximum Gasteiger partial charge on any atom is 0.265 e. The fourth-order valence-corrected chi connectivity index (χ4v) is 2.72. The molecule has 1 N–H and O–H groups in total. The lowest BCUT2D eigenvalue weighted by molar-refractivity contribution is -0.122. The predicted molar refractivity (Wildman–Crippen MR) is 96.2 cm³/mol. The number of nitrogens with zero attached hydrogens (tertiary/aromatic N) is 2. The molecule has 0 unspecified atom stereocenters. The Morgan fingerprint density at radius 3 is 3.00 bits per heavy atom. The van der Waals surface area contributed by atoms with E-state index < -0.39 is 0 Å². The zero-order valence-electron chi connectivity index (χ0n) is 14.6. The van der Waals surface area contributed by atoms with Gasteiger partial charge in [0.2, 0.25) is 11.8 Å². The van der Waals surface area contributed by atoms with Crippen LogP contribution in [0.2, 0.25) is 0 Å². The molecule has 7 nitrogen and oxygen atoms in total. The van der Waals surface area contributed by atoms with Gasteiger partial charge >= 0.3 is 0 Å². The molecule has 2 amide bonds. The van der Waals surface area contributed by atoms with Gasteiger partial charge in [0.05, 0.1) is 12.3 Å². The van der Waals surface area contributed by atoms with E-state index in [4.69, 9.17) is 9.47 Å². The average Bonchev–Trinajstić information content (AvgIpc) is 2.67. The molecule has 1 aromatic heterocycles. The second-order valence-corrected chi connectivity index (χ2v) is 5.73. The number of hydrogen-bond acceptors (Lipinski definition) is 5. The molecule has 0 spiro atoms. The molecule has 1 aromatic carbocycles. The molecular weight excluding hydrogens is 334 g/mol. The summed E-state index contributed by atoms with van der Waals surface area (Å²) >= 11 is 0. The van der Waals surface area contributed by atoms with Gasteiger partial charge < -0.3 is 19.7 Å². The number of carbonyl (C=O) groups is 2. The summed E-state index contributed by atoms with van der Waals surface area (Å²) in [5, 5.41) is 2.85. The molecule has 7 heteroatoms. The Hall–Kier alpha value is -3.09. The number of aromatic nitrogens is 1. The second kappa shape index (κ2) is 8.33. The number of ether oxygens (including phenoxy) is 2. The molecule has 0 bridgehead atoms. The number of benzene rings is 1. The van der Waals surface area contributed by atoms with Crippen molar-refractivity contribution in [1.82, 2.24) is 10.3 Å². The van der Waals surface area contributed by atoms with Crippen molar-refractivity contribution in [3.8, 4) is 11.6 Å². The van der Waals surface area contributed by atoms with Gasteiger partial charge in [-0.05, 0) is 25.1 Å². The lowest BCUT2D eigenvalue weighted by atomic mass is 10.2. The molecule has 0 aliphatic carbocycles. The van der Waals surface area contributed by atoms with Gasteiger partial charge in [-0.1, -0.05) is 18.2 Å². The molecule has 0 fully saturated rings. The SMILES string of the molecule is CCOc1ncccc1CNC(=O)CCN1C(=O)COc2ccccc21. The number of hydrogen-bond donors (Lipinski definition) is 1. The first-order valence-electron chi connectivity index (χ1n) is 8.54. The smallest absolute Gasteiger partial charge is 0.265 e. The van der Waals surface area contributed by atoms with E-state index in [0.717, 1.165) is 5.56 Å². The topological polar surface area (TPSA) is 80.8 Å². The molecule has 136 valence electrons. The Bertz CT molecular complexity index is 794. The van der Waals surface area contributed by atoms with Crippen LogP contribution in [0.4, 0.5) is 5.69 Å². The van der Waals surface area contributed by atoms with E-state index in [1.54, 1.807) is 17.2 Å². The molecule has 0 saturated carbocycles. The molecule has 26 heavy (non-hydrogen) atoms. The van der Waals surface area contributed by atoms with Gasteiger partial charge in [-0.15, -0.1) is 0 Å². The van der Waals surface area contributed by atoms with Gasteiger partial charge in [-0.2, -0.15) is 0 Å². The highest BCUT2D eigenvalue weighted by Gasteiger charge is 2.25. The first kappa shape index (κ1) is 17.7. The van der Waals surface area contributed by atoms with Crippen LogP contribution in [0, 0.1) is 0 Å². The van der Waals surface area contributed by atoms with Gasteiger partial charge in [-0.25, -0.2) is 4.98 Å². The lowest BCUT2D eigenvalue weighted by Gasteiger charge is -2.29. The summed E-state index contributed by atoms with van der Waals surface area (Å²) in [5.74, 6) is 0.882. The monoisotopic (exact) mass is 355 g/mol. The van der Waals surface area contributed by atoms with Crippen molar-refractivity contribution < 1.29 is 19.1 Å². The number of amides is 2. The van der Waals surface area contributed by atoms with Crippen molar-refractivity contribution in [3.05, 3.63) is 48.2 Å². The van der Waals surface area contributed by atoms with Crippen LogP contribution in [0.15, 0.2) is 42.6 Å². The average molecular weight is 355 g/mol. The maximum atomic E-state index is 12.2. The van der Waals surface area contributed by atoms with Crippen molar-refractivity contribution >= 4 is 17.5 Å². The number of para-hydroxylation sites is 2. The summed E-state index contributed by atoms with van der Waals surface area (Å²) in [6.45, 7) is 3.02. The van der Waals surface area contributed by atoms with Crippen LogP contribution < -0.4 is 19.7 Å². The third kappa shape index (κ3) is 4.11. The second-order valence-electron chi connectivity index (χ2n) is 5.73. The molecule has 0 radical (unpaired) electrons. The Morgan fingerprint density at radius 1 is 1.31 bits per heavy atom. The predicted octanol–water partition coefficient (Wildman–Crippen LogP) is 1.91. The summed E-state index contributed by atoms with van der Waals surface area (Å²) < 4.78 is 10.9. The van der Waals surface area contributed by atoms with Crippen LogP contribution in [-0.2, 0) is 16.1 Å². The van der Waals surface area contributed by atoms with E-state index in [9.17, 15) is 9.59 Å². The van der Waals surface area contributed by atoms with Crippen molar-refractivity contribution in [2.45, 2.75) is 19.9 Å². The van der Waals surface area contributed by atoms with E-state index >= 15 is 0 Å². The summed E-state index contributed by atoms with van der Waals surface area (Å²) in [5.41, 5.74) is 1.51.